The molecule has 0 aliphatic carbocycles. The lowest BCUT2D eigenvalue weighted by Crippen LogP contribution is -2.66. The molecule has 0 saturated carbocycles. The molecule has 1 unspecified atom stereocenters. The molecular weight excluding hydrogens is 305 g/mol. The van der Waals surface area contributed by atoms with Crippen LogP contribution in [0.3, 0.4) is 0 Å². The van der Waals surface area contributed by atoms with Crippen molar-refractivity contribution in [2.75, 3.05) is 13.7 Å². The molecule has 9 heteroatoms. The van der Waals surface area contributed by atoms with Crippen molar-refractivity contribution >= 4 is 6.03 Å². The molecule has 0 fully saturated rings. The van der Waals surface area contributed by atoms with Gasteiger partial charge in [0.15, 0.2) is 11.5 Å². The Labute approximate surface area is 124 Å². The number of alkyl halides is 3. The van der Waals surface area contributed by atoms with Crippen molar-refractivity contribution in [2.45, 2.75) is 25.1 Å². The summed E-state index contributed by atoms with van der Waals surface area (Å²) in [5.41, 5.74) is 0. The van der Waals surface area contributed by atoms with E-state index in [1.165, 1.54) is 31.4 Å². The Morgan fingerprint density at radius 3 is 2.32 bits per heavy atom. The van der Waals surface area contributed by atoms with Gasteiger partial charge >= 0.3 is 18.1 Å². The predicted octanol–water partition coefficient (Wildman–Crippen LogP) is 2.01. The quantitative estimate of drug-likeness (QED) is 0.890. The number of amides is 2. The van der Waals surface area contributed by atoms with E-state index in [1.54, 1.807) is 12.2 Å². The van der Waals surface area contributed by atoms with Crippen LogP contribution in [-0.4, -0.2) is 37.9 Å². The highest BCUT2D eigenvalue weighted by Gasteiger charge is 2.65. The van der Waals surface area contributed by atoms with E-state index in [1.807, 2.05) is 0 Å². The third-order valence-electron chi connectivity index (χ3n) is 2.80. The molecule has 2 N–H and O–H groups in total. The summed E-state index contributed by atoms with van der Waals surface area (Å²) in [6.45, 7) is 1.73. The third kappa shape index (κ3) is 3.19. The van der Waals surface area contributed by atoms with Gasteiger partial charge in [0.25, 0.3) is 0 Å². The third-order valence-corrected chi connectivity index (χ3v) is 2.80. The zero-order valence-electron chi connectivity index (χ0n) is 11.9. The highest BCUT2D eigenvalue weighted by atomic mass is 19.4. The lowest BCUT2D eigenvalue weighted by molar-refractivity contribution is -0.317. The topological polar surface area (TPSA) is 68.8 Å². The summed E-state index contributed by atoms with van der Waals surface area (Å²) in [4.78, 5) is 11.7. The summed E-state index contributed by atoms with van der Waals surface area (Å²) in [5.74, 6) is -3.47. The Morgan fingerprint density at radius 2 is 1.86 bits per heavy atom. The highest BCUT2D eigenvalue weighted by molar-refractivity contribution is 5.75. The first-order valence-corrected chi connectivity index (χ1v) is 6.39. The van der Waals surface area contributed by atoms with Gasteiger partial charge < -0.3 is 19.5 Å². The fraction of sp³-hybridized carbons (Fsp3) is 0.462. The Morgan fingerprint density at radius 1 is 1.32 bits per heavy atom. The first-order valence-electron chi connectivity index (χ1n) is 6.39. The maximum absolute atomic E-state index is 13.3. The number of halogens is 3. The highest BCUT2D eigenvalue weighted by Crippen LogP contribution is 2.44. The van der Waals surface area contributed by atoms with Crippen LogP contribution in [0.25, 0.3) is 0 Å². The van der Waals surface area contributed by atoms with Crippen molar-refractivity contribution in [1.82, 2.24) is 10.6 Å². The van der Waals surface area contributed by atoms with E-state index in [-0.39, 0.29) is 18.1 Å². The van der Waals surface area contributed by atoms with Crippen molar-refractivity contribution in [1.29, 1.82) is 0 Å². The fourth-order valence-corrected chi connectivity index (χ4v) is 1.89. The summed E-state index contributed by atoms with van der Waals surface area (Å²) < 4.78 is 54.4. The average molecular weight is 320 g/mol. The molecule has 2 rings (SSSR count). The summed E-state index contributed by atoms with van der Waals surface area (Å²) in [7, 11) is 1.41. The van der Waals surface area contributed by atoms with Crippen LogP contribution < -0.4 is 20.1 Å². The van der Waals surface area contributed by atoms with Crippen LogP contribution >= 0.6 is 0 Å². The zero-order chi connectivity index (χ0) is 16.4. The van der Waals surface area contributed by atoms with Crippen molar-refractivity contribution in [3.8, 4) is 11.5 Å². The first kappa shape index (κ1) is 16.2. The number of rotatable bonds is 4. The van der Waals surface area contributed by atoms with Crippen LogP contribution in [-0.2, 0) is 4.74 Å². The number of hydrogen-bond donors (Lipinski definition) is 2. The summed E-state index contributed by atoms with van der Waals surface area (Å²) in [5, 5.41) is 3.99. The molecule has 1 aromatic rings. The molecular formula is C13H15F3N2O4. The molecule has 1 aromatic carbocycles. The van der Waals surface area contributed by atoms with E-state index >= 15 is 0 Å². The Bertz CT molecular complexity index is 525. The monoisotopic (exact) mass is 320 g/mol. The second-order valence-corrected chi connectivity index (χ2v) is 4.72. The van der Waals surface area contributed by atoms with Gasteiger partial charge in [-0.25, -0.2) is 4.79 Å². The number of urea groups is 1. The zero-order valence-corrected chi connectivity index (χ0v) is 11.9. The standard InChI is InChI=1S/C13H15F3N2O4/c1-8(7-20-2)17-11(19)18-13(12(14,15)16)21-9-5-3-4-6-10(9)22-13/h3-6,8H,7H2,1-2H3,(H2,17,18,19). The van der Waals surface area contributed by atoms with Crippen LogP contribution in [0, 0.1) is 0 Å². The van der Waals surface area contributed by atoms with E-state index in [4.69, 9.17) is 14.2 Å². The summed E-state index contributed by atoms with van der Waals surface area (Å²) in [6.07, 6.45) is -4.98. The second-order valence-electron chi connectivity index (χ2n) is 4.72. The van der Waals surface area contributed by atoms with E-state index in [9.17, 15) is 18.0 Å². The molecule has 0 aromatic heterocycles. The molecule has 0 bridgehead atoms. The van der Waals surface area contributed by atoms with Gasteiger partial charge in [-0.3, -0.25) is 5.32 Å². The Kier molecular flexibility index (Phi) is 4.36. The van der Waals surface area contributed by atoms with Gasteiger partial charge in [0.1, 0.15) is 0 Å². The van der Waals surface area contributed by atoms with Crippen molar-refractivity contribution in [3.63, 3.8) is 0 Å². The predicted molar refractivity (Wildman–Crippen MR) is 69.5 cm³/mol. The Balaban J connectivity index is 2.15. The molecule has 122 valence electrons. The fourth-order valence-electron chi connectivity index (χ4n) is 1.89. The lowest BCUT2D eigenvalue weighted by Gasteiger charge is -2.30. The number of carbonyl (C=O) groups excluding carboxylic acids is 1. The second kappa shape index (κ2) is 5.91. The molecule has 22 heavy (non-hydrogen) atoms. The van der Waals surface area contributed by atoms with Crippen LogP contribution in [0.2, 0.25) is 0 Å². The molecule has 6 nitrogen and oxygen atoms in total. The number of hydrogen-bond acceptors (Lipinski definition) is 4. The van der Waals surface area contributed by atoms with E-state index in [0.717, 1.165) is 0 Å². The van der Waals surface area contributed by atoms with Crippen LogP contribution in [0.5, 0.6) is 11.5 Å². The minimum absolute atomic E-state index is 0.106. The number of ether oxygens (including phenoxy) is 3. The van der Waals surface area contributed by atoms with E-state index in [2.05, 4.69) is 5.32 Å². The molecule has 2 amide bonds. The number of para-hydroxylation sites is 2. The van der Waals surface area contributed by atoms with E-state index in [0.29, 0.717) is 0 Å². The van der Waals surface area contributed by atoms with Crippen LogP contribution in [0.1, 0.15) is 6.92 Å². The summed E-state index contributed by atoms with van der Waals surface area (Å²) >= 11 is 0. The van der Waals surface area contributed by atoms with Crippen molar-refractivity contribution in [3.05, 3.63) is 24.3 Å². The van der Waals surface area contributed by atoms with Gasteiger partial charge in [0.05, 0.1) is 12.6 Å². The smallest absolute Gasteiger partial charge is 0.424 e. The molecule has 0 saturated heterocycles. The van der Waals surface area contributed by atoms with Gasteiger partial charge in [-0.15, -0.1) is 0 Å². The maximum atomic E-state index is 13.3. The summed E-state index contributed by atoms with van der Waals surface area (Å²) in [6, 6.07) is 4.05. The van der Waals surface area contributed by atoms with Crippen molar-refractivity contribution < 1.29 is 32.2 Å². The van der Waals surface area contributed by atoms with Gasteiger partial charge in [-0.05, 0) is 19.1 Å². The SMILES string of the molecule is COCC(C)NC(=O)NC1(C(F)(F)F)Oc2ccccc2O1. The van der Waals surface area contributed by atoms with E-state index < -0.39 is 24.2 Å². The Hall–Kier alpha value is -2.16. The molecule has 1 heterocycles. The number of methoxy groups -OCH3 is 1. The molecule has 0 radical (unpaired) electrons. The number of fused-ring (bicyclic) bond motifs is 1. The largest absolute Gasteiger partial charge is 0.492 e. The average Bonchev–Trinajstić information content (AvgIpc) is 2.77. The number of benzene rings is 1. The van der Waals surface area contributed by atoms with Crippen LogP contribution in [0.15, 0.2) is 24.3 Å². The normalized spacial score (nSPS) is 17.0. The maximum Gasteiger partial charge on any atom is 0.492 e. The molecule has 1 atom stereocenters. The van der Waals surface area contributed by atoms with Gasteiger partial charge in [-0.2, -0.15) is 13.2 Å². The molecule has 1 aliphatic heterocycles. The van der Waals surface area contributed by atoms with Gasteiger partial charge in [-0.1, -0.05) is 12.1 Å². The number of nitrogens with one attached hydrogen (secondary N) is 2. The molecule has 0 spiro atoms. The minimum atomic E-state index is -4.98. The van der Waals surface area contributed by atoms with Gasteiger partial charge in [0, 0.05) is 7.11 Å². The van der Waals surface area contributed by atoms with Crippen LogP contribution in [0.4, 0.5) is 18.0 Å². The minimum Gasteiger partial charge on any atom is -0.424 e. The molecule has 1 aliphatic rings. The lowest BCUT2D eigenvalue weighted by atomic mass is 10.3. The first-order chi connectivity index (χ1) is 10.3. The number of carbonyl (C=O) groups is 1. The van der Waals surface area contributed by atoms with Crippen molar-refractivity contribution in [2.24, 2.45) is 0 Å². The van der Waals surface area contributed by atoms with Gasteiger partial charge in [0.2, 0.25) is 0 Å².